The van der Waals surface area contributed by atoms with Crippen LogP contribution in [-0.4, -0.2) is 37.3 Å². The molecule has 2 atom stereocenters. The molecule has 0 bridgehead atoms. The third-order valence-electron chi connectivity index (χ3n) is 5.17. The largest absolute Gasteiger partial charge is 0.494 e. The maximum atomic E-state index is 12.8. The molecular weight excluding hydrogens is 323 g/mol. The number of hydrogen-bond acceptors (Lipinski definition) is 4. The first-order chi connectivity index (χ1) is 11.8. The number of nitrogens with two attached hydrogens (primary N) is 1. The number of halogens is 1. The second-order valence-electron chi connectivity index (χ2n) is 7.11. The van der Waals surface area contributed by atoms with Crippen LogP contribution < -0.4 is 15.8 Å². The molecule has 1 fully saturated rings. The van der Waals surface area contributed by atoms with Gasteiger partial charge in [0.05, 0.1) is 12.7 Å². The molecule has 140 valence electrons. The summed E-state index contributed by atoms with van der Waals surface area (Å²) in [6.07, 6.45) is 2.16. The standard InChI is InChI=1S/C19H29FN2O3/c1-4-24-16-13-19(21,18(16,2)3)17(23)22-11-5-6-12-25-15-9-7-14(20)8-10-15/h7-10,16H,4-6,11-13,21H2,1-3H3,(H,22,23). The lowest BCUT2D eigenvalue weighted by Crippen LogP contribution is -2.75. The number of unbranched alkanes of at least 4 members (excludes halogenated alkanes) is 1. The Morgan fingerprint density at radius 3 is 2.60 bits per heavy atom. The summed E-state index contributed by atoms with van der Waals surface area (Å²) < 4.78 is 24.0. The van der Waals surface area contributed by atoms with Gasteiger partial charge in [0.1, 0.15) is 17.1 Å². The molecule has 1 aromatic rings. The summed E-state index contributed by atoms with van der Waals surface area (Å²) in [7, 11) is 0. The Morgan fingerprint density at radius 1 is 1.32 bits per heavy atom. The Balaban J connectivity index is 1.65. The molecule has 2 unspecified atom stereocenters. The summed E-state index contributed by atoms with van der Waals surface area (Å²) in [5, 5.41) is 2.92. The van der Waals surface area contributed by atoms with Crippen LogP contribution in [0.3, 0.4) is 0 Å². The zero-order valence-corrected chi connectivity index (χ0v) is 15.3. The number of hydrogen-bond donors (Lipinski definition) is 2. The van der Waals surface area contributed by atoms with Crippen molar-refractivity contribution >= 4 is 5.91 Å². The molecule has 1 saturated carbocycles. The first kappa shape index (κ1) is 19.7. The SMILES string of the molecule is CCOC1CC(N)(C(=O)NCCCCOc2ccc(F)cc2)C1(C)C. The summed E-state index contributed by atoms with van der Waals surface area (Å²) in [4.78, 5) is 12.4. The lowest BCUT2D eigenvalue weighted by molar-refractivity contribution is -0.170. The minimum Gasteiger partial charge on any atom is -0.494 e. The van der Waals surface area contributed by atoms with Crippen LogP contribution in [0.4, 0.5) is 4.39 Å². The minimum atomic E-state index is -0.878. The number of carbonyl (C=O) groups is 1. The molecule has 1 aliphatic carbocycles. The molecule has 0 saturated heterocycles. The molecule has 2 rings (SSSR count). The molecule has 0 radical (unpaired) electrons. The van der Waals surface area contributed by atoms with Crippen molar-refractivity contribution < 1.29 is 18.7 Å². The zero-order chi connectivity index (χ0) is 18.5. The molecule has 25 heavy (non-hydrogen) atoms. The van der Waals surface area contributed by atoms with Crippen LogP contribution in [-0.2, 0) is 9.53 Å². The molecule has 0 aliphatic heterocycles. The van der Waals surface area contributed by atoms with E-state index < -0.39 is 5.54 Å². The van der Waals surface area contributed by atoms with E-state index in [0.717, 1.165) is 12.8 Å². The number of rotatable bonds is 9. The summed E-state index contributed by atoms with van der Waals surface area (Å²) in [5.41, 5.74) is 5.07. The molecule has 3 N–H and O–H groups in total. The topological polar surface area (TPSA) is 73.6 Å². The van der Waals surface area contributed by atoms with Crippen LogP contribution >= 0.6 is 0 Å². The monoisotopic (exact) mass is 352 g/mol. The highest BCUT2D eigenvalue weighted by Gasteiger charge is 2.62. The summed E-state index contributed by atoms with van der Waals surface area (Å²) in [6.45, 7) is 7.60. The Kier molecular flexibility index (Phi) is 6.41. The predicted molar refractivity (Wildman–Crippen MR) is 94.9 cm³/mol. The predicted octanol–water partition coefficient (Wildman–Crippen LogP) is 2.63. The molecule has 1 aromatic carbocycles. The van der Waals surface area contributed by atoms with Gasteiger partial charge in [-0.2, -0.15) is 0 Å². The van der Waals surface area contributed by atoms with Crippen molar-refractivity contribution in [1.29, 1.82) is 0 Å². The van der Waals surface area contributed by atoms with E-state index in [1.54, 1.807) is 12.1 Å². The van der Waals surface area contributed by atoms with Crippen LogP contribution in [0.25, 0.3) is 0 Å². The Hall–Kier alpha value is -1.66. The Bertz CT molecular complexity index is 577. The zero-order valence-electron chi connectivity index (χ0n) is 15.3. The van der Waals surface area contributed by atoms with E-state index in [0.29, 0.717) is 31.9 Å². The summed E-state index contributed by atoms with van der Waals surface area (Å²) in [5.74, 6) is 0.244. The second-order valence-corrected chi connectivity index (χ2v) is 7.11. The third-order valence-corrected chi connectivity index (χ3v) is 5.17. The molecule has 1 amide bonds. The van der Waals surface area contributed by atoms with E-state index in [1.165, 1.54) is 12.1 Å². The molecule has 0 aromatic heterocycles. The maximum Gasteiger partial charge on any atom is 0.240 e. The van der Waals surface area contributed by atoms with Gasteiger partial charge in [-0.05, 0) is 44.0 Å². The number of benzene rings is 1. The lowest BCUT2D eigenvalue weighted by Gasteiger charge is -2.57. The van der Waals surface area contributed by atoms with Crippen molar-refractivity contribution in [3.05, 3.63) is 30.1 Å². The van der Waals surface area contributed by atoms with Crippen molar-refractivity contribution in [2.24, 2.45) is 11.1 Å². The van der Waals surface area contributed by atoms with Gasteiger partial charge < -0.3 is 20.5 Å². The molecule has 6 heteroatoms. The lowest BCUT2D eigenvalue weighted by atomic mass is 9.54. The van der Waals surface area contributed by atoms with Gasteiger partial charge in [-0.25, -0.2) is 4.39 Å². The Labute approximate surface area is 149 Å². The minimum absolute atomic E-state index is 0.0253. The van der Waals surface area contributed by atoms with Gasteiger partial charge in [-0.1, -0.05) is 13.8 Å². The van der Waals surface area contributed by atoms with Gasteiger partial charge in [-0.3, -0.25) is 4.79 Å². The second kappa shape index (κ2) is 8.15. The van der Waals surface area contributed by atoms with Gasteiger partial charge in [0.15, 0.2) is 0 Å². The van der Waals surface area contributed by atoms with Crippen LogP contribution in [0.2, 0.25) is 0 Å². The van der Waals surface area contributed by atoms with E-state index in [9.17, 15) is 9.18 Å². The molecule has 0 spiro atoms. The van der Waals surface area contributed by atoms with Crippen molar-refractivity contribution in [3.8, 4) is 5.75 Å². The fourth-order valence-corrected chi connectivity index (χ4v) is 3.13. The van der Waals surface area contributed by atoms with Gasteiger partial charge >= 0.3 is 0 Å². The first-order valence-corrected chi connectivity index (χ1v) is 8.88. The van der Waals surface area contributed by atoms with Gasteiger partial charge in [-0.15, -0.1) is 0 Å². The quantitative estimate of drug-likeness (QED) is 0.670. The van der Waals surface area contributed by atoms with Crippen LogP contribution in [0.15, 0.2) is 24.3 Å². The number of ether oxygens (including phenoxy) is 2. The van der Waals surface area contributed by atoms with E-state index in [1.807, 2.05) is 20.8 Å². The van der Waals surface area contributed by atoms with E-state index >= 15 is 0 Å². The van der Waals surface area contributed by atoms with Gasteiger partial charge in [0, 0.05) is 25.0 Å². The highest BCUT2D eigenvalue weighted by atomic mass is 19.1. The van der Waals surface area contributed by atoms with Crippen LogP contribution in [0, 0.1) is 11.2 Å². The highest BCUT2D eigenvalue weighted by Crippen LogP contribution is 2.49. The van der Waals surface area contributed by atoms with Crippen molar-refractivity contribution in [2.75, 3.05) is 19.8 Å². The maximum absolute atomic E-state index is 12.8. The molecular formula is C19H29FN2O3. The van der Waals surface area contributed by atoms with E-state index in [-0.39, 0.29) is 23.2 Å². The number of amides is 1. The van der Waals surface area contributed by atoms with Crippen molar-refractivity contribution in [3.63, 3.8) is 0 Å². The smallest absolute Gasteiger partial charge is 0.240 e. The van der Waals surface area contributed by atoms with Crippen molar-refractivity contribution in [1.82, 2.24) is 5.32 Å². The highest BCUT2D eigenvalue weighted by molar-refractivity contribution is 5.88. The fourth-order valence-electron chi connectivity index (χ4n) is 3.13. The molecule has 5 nitrogen and oxygen atoms in total. The average molecular weight is 352 g/mol. The molecule has 0 heterocycles. The first-order valence-electron chi connectivity index (χ1n) is 8.88. The van der Waals surface area contributed by atoms with Gasteiger partial charge in [0.25, 0.3) is 0 Å². The number of carbonyl (C=O) groups excluding carboxylic acids is 1. The summed E-state index contributed by atoms with van der Waals surface area (Å²) in [6, 6.07) is 5.93. The Morgan fingerprint density at radius 2 is 2.00 bits per heavy atom. The van der Waals surface area contributed by atoms with Crippen LogP contribution in [0.5, 0.6) is 5.75 Å². The van der Waals surface area contributed by atoms with Gasteiger partial charge in [0.2, 0.25) is 5.91 Å². The van der Waals surface area contributed by atoms with Crippen molar-refractivity contribution in [2.45, 2.75) is 51.7 Å². The van der Waals surface area contributed by atoms with E-state index in [4.69, 9.17) is 15.2 Å². The normalized spacial score (nSPS) is 24.4. The third kappa shape index (κ3) is 4.30. The van der Waals surface area contributed by atoms with Crippen LogP contribution in [0.1, 0.15) is 40.0 Å². The number of nitrogens with one attached hydrogen (secondary N) is 1. The van der Waals surface area contributed by atoms with E-state index in [2.05, 4.69) is 5.32 Å². The molecule has 1 aliphatic rings. The fraction of sp³-hybridized carbons (Fsp3) is 0.632. The summed E-state index contributed by atoms with van der Waals surface area (Å²) >= 11 is 0. The average Bonchev–Trinajstić information content (AvgIpc) is 2.58.